The van der Waals surface area contributed by atoms with Crippen molar-refractivity contribution < 1.29 is 4.79 Å². The third-order valence-electron chi connectivity index (χ3n) is 3.30. The molecule has 0 spiro atoms. The summed E-state index contributed by atoms with van der Waals surface area (Å²) in [7, 11) is 0. The molecule has 19 heavy (non-hydrogen) atoms. The number of aromatic nitrogens is 2. The number of amides is 1. The van der Waals surface area contributed by atoms with Gasteiger partial charge in [0, 0.05) is 12.6 Å². The highest BCUT2D eigenvalue weighted by molar-refractivity contribution is 5.92. The van der Waals surface area contributed by atoms with Crippen LogP contribution in [0.5, 0.6) is 0 Å². The van der Waals surface area contributed by atoms with Crippen molar-refractivity contribution in [2.24, 2.45) is 5.92 Å². The van der Waals surface area contributed by atoms with Crippen molar-refractivity contribution in [1.82, 2.24) is 15.3 Å². The van der Waals surface area contributed by atoms with Crippen LogP contribution >= 0.6 is 0 Å². The summed E-state index contributed by atoms with van der Waals surface area (Å²) >= 11 is 0. The van der Waals surface area contributed by atoms with Crippen LogP contribution < -0.4 is 10.6 Å². The lowest BCUT2D eigenvalue weighted by Crippen LogP contribution is -2.37. The molecule has 1 heterocycles. The molecule has 5 heteroatoms. The molecule has 1 aromatic heterocycles. The highest BCUT2D eigenvalue weighted by atomic mass is 16.1. The van der Waals surface area contributed by atoms with Crippen molar-refractivity contribution in [3.05, 3.63) is 18.1 Å². The van der Waals surface area contributed by atoms with Gasteiger partial charge in [-0.3, -0.25) is 4.79 Å². The number of anilines is 1. The third kappa shape index (κ3) is 4.85. The minimum absolute atomic E-state index is 0.136. The van der Waals surface area contributed by atoms with Gasteiger partial charge in [-0.25, -0.2) is 9.97 Å². The molecule has 0 radical (unpaired) electrons. The van der Waals surface area contributed by atoms with E-state index >= 15 is 0 Å². The molecule has 0 aromatic carbocycles. The molecule has 2 unspecified atom stereocenters. The average Bonchev–Trinajstić information content (AvgIpc) is 2.44. The summed E-state index contributed by atoms with van der Waals surface area (Å²) < 4.78 is 0. The Bertz CT molecular complexity index is 391. The molecule has 0 aliphatic rings. The van der Waals surface area contributed by atoms with Gasteiger partial charge in [0.15, 0.2) is 0 Å². The average molecular weight is 264 g/mol. The Hall–Kier alpha value is -1.65. The second kappa shape index (κ2) is 7.71. The maximum Gasteiger partial charge on any atom is 0.271 e. The van der Waals surface area contributed by atoms with Gasteiger partial charge in [0.05, 0.1) is 12.4 Å². The van der Waals surface area contributed by atoms with Crippen LogP contribution in [0.15, 0.2) is 12.4 Å². The SMILES string of the molecule is CCCNc1cnc(C(=O)NC(C)C(C)CC)cn1. The lowest BCUT2D eigenvalue weighted by molar-refractivity contribution is 0.0922. The molecule has 2 N–H and O–H groups in total. The van der Waals surface area contributed by atoms with Gasteiger partial charge in [-0.2, -0.15) is 0 Å². The van der Waals surface area contributed by atoms with E-state index in [1.54, 1.807) is 6.20 Å². The van der Waals surface area contributed by atoms with Crippen LogP contribution in [0.25, 0.3) is 0 Å². The van der Waals surface area contributed by atoms with Gasteiger partial charge in [0.25, 0.3) is 5.91 Å². The fourth-order valence-electron chi connectivity index (χ4n) is 1.57. The topological polar surface area (TPSA) is 66.9 Å². The zero-order valence-electron chi connectivity index (χ0n) is 12.2. The van der Waals surface area contributed by atoms with E-state index in [2.05, 4.69) is 41.4 Å². The highest BCUT2D eigenvalue weighted by Crippen LogP contribution is 2.08. The van der Waals surface area contributed by atoms with E-state index in [4.69, 9.17) is 0 Å². The van der Waals surface area contributed by atoms with Gasteiger partial charge in [-0.05, 0) is 19.3 Å². The summed E-state index contributed by atoms with van der Waals surface area (Å²) in [6, 6.07) is 0.136. The fourth-order valence-corrected chi connectivity index (χ4v) is 1.57. The van der Waals surface area contributed by atoms with E-state index < -0.39 is 0 Å². The molecule has 2 atom stereocenters. The Balaban J connectivity index is 2.57. The van der Waals surface area contributed by atoms with Crippen LogP contribution in [0, 0.1) is 5.92 Å². The molecule has 0 fully saturated rings. The van der Waals surface area contributed by atoms with Gasteiger partial charge in [0.1, 0.15) is 11.5 Å². The van der Waals surface area contributed by atoms with E-state index in [-0.39, 0.29) is 11.9 Å². The van der Waals surface area contributed by atoms with Crippen LogP contribution in [0.2, 0.25) is 0 Å². The molecule has 0 bridgehead atoms. The lowest BCUT2D eigenvalue weighted by atomic mass is 10.0. The quantitative estimate of drug-likeness (QED) is 0.794. The van der Waals surface area contributed by atoms with Crippen LogP contribution in [0.1, 0.15) is 51.0 Å². The van der Waals surface area contributed by atoms with E-state index in [1.807, 2.05) is 6.92 Å². The van der Waals surface area contributed by atoms with E-state index in [0.717, 1.165) is 19.4 Å². The smallest absolute Gasteiger partial charge is 0.271 e. The van der Waals surface area contributed by atoms with E-state index in [9.17, 15) is 4.79 Å². The van der Waals surface area contributed by atoms with Crippen LogP contribution in [0.3, 0.4) is 0 Å². The second-order valence-corrected chi connectivity index (χ2v) is 4.86. The number of rotatable bonds is 7. The van der Waals surface area contributed by atoms with E-state index in [1.165, 1.54) is 6.20 Å². The van der Waals surface area contributed by atoms with Crippen molar-refractivity contribution >= 4 is 11.7 Å². The number of nitrogens with one attached hydrogen (secondary N) is 2. The predicted molar refractivity (Wildman–Crippen MR) is 77.2 cm³/mol. The number of carbonyl (C=O) groups is 1. The molecule has 0 saturated heterocycles. The molecule has 1 rings (SSSR count). The first-order chi connectivity index (χ1) is 9.08. The standard InChI is InChI=1S/C14H24N4O/c1-5-7-15-13-9-16-12(8-17-13)14(19)18-11(4)10(3)6-2/h8-11H,5-7H2,1-4H3,(H,15,17)(H,18,19). The zero-order valence-corrected chi connectivity index (χ0v) is 12.2. The first-order valence-electron chi connectivity index (χ1n) is 6.95. The summed E-state index contributed by atoms with van der Waals surface area (Å²) in [4.78, 5) is 20.3. The summed E-state index contributed by atoms with van der Waals surface area (Å²) in [6.07, 6.45) is 5.17. The van der Waals surface area contributed by atoms with Gasteiger partial charge >= 0.3 is 0 Å². The first-order valence-corrected chi connectivity index (χ1v) is 6.95. The lowest BCUT2D eigenvalue weighted by Gasteiger charge is -2.19. The summed E-state index contributed by atoms with van der Waals surface area (Å²) in [5.41, 5.74) is 0.359. The molecule has 1 aromatic rings. The molecular weight excluding hydrogens is 240 g/mol. The van der Waals surface area contributed by atoms with Gasteiger partial charge in [0.2, 0.25) is 0 Å². The van der Waals surface area contributed by atoms with Crippen molar-refractivity contribution in [1.29, 1.82) is 0 Å². The monoisotopic (exact) mass is 264 g/mol. The minimum atomic E-state index is -0.164. The largest absolute Gasteiger partial charge is 0.369 e. The Labute approximate surface area is 115 Å². The number of hydrogen-bond donors (Lipinski definition) is 2. The summed E-state index contributed by atoms with van der Waals surface area (Å²) in [5, 5.41) is 6.07. The van der Waals surface area contributed by atoms with Crippen molar-refractivity contribution in [2.75, 3.05) is 11.9 Å². The highest BCUT2D eigenvalue weighted by Gasteiger charge is 2.15. The summed E-state index contributed by atoms with van der Waals surface area (Å²) in [6.45, 7) is 9.18. The molecule has 0 aliphatic carbocycles. The zero-order chi connectivity index (χ0) is 14.3. The molecule has 1 amide bonds. The minimum Gasteiger partial charge on any atom is -0.369 e. The molecular formula is C14H24N4O. The van der Waals surface area contributed by atoms with Gasteiger partial charge in [-0.1, -0.05) is 27.2 Å². The molecule has 0 saturated carbocycles. The van der Waals surface area contributed by atoms with Gasteiger partial charge < -0.3 is 10.6 Å². The van der Waals surface area contributed by atoms with Crippen molar-refractivity contribution in [3.8, 4) is 0 Å². The Morgan fingerprint density at radius 1 is 1.26 bits per heavy atom. The summed E-state index contributed by atoms with van der Waals surface area (Å²) in [5.74, 6) is 0.984. The van der Waals surface area contributed by atoms with Crippen molar-refractivity contribution in [2.45, 2.75) is 46.6 Å². The normalized spacial score (nSPS) is 13.7. The number of hydrogen-bond acceptors (Lipinski definition) is 4. The van der Waals surface area contributed by atoms with Gasteiger partial charge in [-0.15, -0.1) is 0 Å². The molecule has 5 nitrogen and oxygen atoms in total. The Morgan fingerprint density at radius 3 is 2.53 bits per heavy atom. The maximum atomic E-state index is 12.0. The first kappa shape index (κ1) is 15.4. The van der Waals surface area contributed by atoms with Crippen LogP contribution in [-0.2, 0) is 0 Å². The second-order valence-electron chi connectivity index (χ2n) is 4.86. The Morgan fingerprint density at radius 2 is 2.00 bits per heavy atom. The fraction of sp³-hybridized carbons (Fsp3) is 0.643. The van der Waals surface area contributed by atoms with E-state index in [0.29, 0.717) is 17.4 Å². The molecule has 0 aliphatic heterocycles. The number of nitrogens with zero attached hydrogens (tertiary/aromatic N) is 2. The van der Waals surface area contributed by atoms with Crippen molar-refractivity contribution in [3.63, 3.8) is 0 Å². The maximum absolute atomic E-state index is 12.0. The predicted octanol–water partition coefficient (Wildman–Crippen LogP) is 2.46. The Kier molecular flexibility index (Phi) is 6.25. The third-order valence-corrected chi connectivity index (χ3v) is 3.30. The van der Waals surface area contributed by atoms with Crippen LogP contribution in [0.4, 0.5) is 5.82 Å². The van der Waals surface area contributed by atoms with Crippen LogP contribution in [-0.4, -0.2) is 28.5 Å². The molecule has 106 valence electrons. The number of carbonyl (C=O) groups excluding carboxylic acids is 1.